The van der Waals surface area contributed by atoms with Crippen LogP contribution in [0.15, 0.2) is 58.8 Å². The Balaban J connectivity index is 2.10. The molecule has 23 heavy (non-hydrogen) atoms. The molecule has 0 N–H and O–H groups in total. The fourth-order valence-corrected chi connectivity index (χ4v) is 2.56. The number of carbonyl (C=O) groups excluding carboxylic acids is 1. The fraction of sp³-hybridized carbons (Fsp3) is 0.118. The minimum atomic E-state index is -0.631. The maximum absolute atomic E-state index is 11.2. The molecule has 3 nitrogen and oxygen atoms in total. The van der Waals surface area contributed by atoms with Crippen LogP contribution in [0.4, 0.5) is 0 Å². The Labute approximate surface area is 152 Å². The van der Waals surface area contributed by atoms with E-state index in [2.05, 4.69) is 15.9 Å². The first kappa shape index (κ1) is 17.9. The van der Waals surface area contributed by atoms with Gasteiger partial charge in [0.25, 0.3) is 5.24 Å². The largest absolute Gasteiger partial charge is 0.456 e. The van der Waals surface area contributed by atoms with E-state index < -0.39 is 5.24 Å². The van der Waals surface area contributed by atoms with Gasteiger partial charge in [0.2, 0.25) is 0 Å². The Morgan fingerprint density at radius 1 is 1.17 bits per heavy atom. The summed E-state index contributed by atoms with van der Waals surface area (Å²) in [6.07, 6.45) is 2.28. The van der Waals surface area contributed by atoms with E-state index in [1.165, 1.54) is 0 Å². The summed E-state index contributed by atoms with van der Waals surface area (Å²) >= 11 is 14.9. The first-order valence-corrected chi connectivity index (χ1v) is 8.35. The minimum absolute atomic E-state index is 0.110. The highest BCUT2D eigenvalue weighted by Crippen LogP contribution is 2.32. The van der Waals surface area contributed by atoms with E-state index in [0.717, 1.165) is 4.47 Å². The smallest absolute Gasteiger partial charge is 0.287 e. The lowest BCUT2D eigenvalue weighted by Crippen LogP contribution is -2.02. The maximum Gasteiger partial charge on any atom is 0.287 e. The standard InChI is InChI=1S/C17H13BrCl2O3/c1-2-3-16(17(20)21)23-13-7-5-12(6-8-13)22-15-9-4-11(18)10-14(15)19/h3-10H,2H2,1H3/b16-3-. The molecule has 0 spiro atoms. The van der Waals surface area contributed by atoms with Crippen molar-refractivity contribution < 1.29 is 14.3 Å². The van der Waals surface area contributed by atoms with Gasteiger partial charge in [0.05, 0.1) is 5.02 Å². The van der Waals surface area contributed by atoms with Gasteiger partial charge in [-0.1, -0.05) is 34.5 Å². The maximum atomic E-state index is 11.2. The number of rotatable bonds is 6. The molecular formula is C17H13BrCl2O3. The molecule has 2 aromatic carbocycles. The van der Waals surface area contributed by atoms with Crippen molar-refractivity contribution in [3.05, 3.63) is 63.8 Å². The van der Waals surface area contributed by atoms with Gasteiger partial charge in [-0.2, -0.15) is 0 Å². The Morgan fingerprint density at radius 3 is 2.39 bits per heavy atom. The normalized spacial score (nSPS) is 11.2. The second-order valence-electron chi connectivity index (χ2n) is 4.50. The Hall–Kier alpha value is -1.49. The molecule has 0 bridgehead atoms. The second kappa shape index (κ2) is 8.39. The lowest BCUT2D eigenvalue weighted by molar-refractivity contribution is -0.110. The molecule has 0 radical (unpaired) electrons. The lowest BCUT2D eigenvalue weighted by atomic mass is 10.3. The van der Waals surface area contributed by atoms with Crippen molar-refractivity contribution in [2.75, 3.05) is 0 Å². The number of hydrogen-bond acceptors (Lipinski definition) is 3. The SMILES string of the molecule is CC/C=C(\Oc1ccc(Oc2ccc(Br)cc2Cl)cc1)C(=O)Cl. The summed E-state index contributed by atoms with van der Waals surface area (Å²) in [6.45, 7) is 1.89. The molecule has 0 atom stereocenters. The van der Waals surface area contributed by atoms with Gasteiger partial charge in [0.15, 0.2) is 5.76 Å². The summed E-state index contributed by atoms with van der Waals surface area (Å²) in [5.41, 5.74) is 0. The van der Waals surface area contributed by atoms with Gasteiger partial charge < -0.3 is 9.47 Å². The zero-order chi connectivity index (χ0) is 16.8. The molecule has 2 rings (SSSR count). The van der Waals surface area contributed by atoms with E-state index in [1.54, 1.807) is 42.5 Å². The van der Waals surface area contributed by atoms with Crippen LogP contribution < -0.4 is 9.47 Å². The molecule has 2 aromatic rings. The summed E-state index contributed by atoms with van der Waals surface area (Å²) in [6, 6.07) is 12.2. The Bertz CT molecular complexity index is 727. The highest BCUT2D eigenvalue weighted by Gasteiger charge is 2.09. The van der Waals surface area contributed by atoms with Crippen LogP contribution in [0.2, 0.25) is 5.02 Å². The highest BCUT2D eigenvalue weighted by atomic mass is 79.9. The van der Waals surface area contributed by atoms with E-state index in [1.807, 2.05) is 13.0 Å². The summed E-state index contributed by atoms with van der Waals surface area (Å²) in [5.74, 6) is 1.75. The van der Waals surface area contributed by atoms with Gasteiger partial charge in [0.1, 0.15) is 17.2 Å². The molecule has 0 heterocycles. The van der Waals surface area contributed by atoms with Crippen LogP contribution >= 0.6 is 39.1 Å². The summed E-state index contributed by atoms with van der Waals surface area (Å²) < 4.78 is 12.0. The van der Waals surface area contributed by atoms with E-state index in [-0.39, 0.29) is 5.76 Å². The predicted molar refractivity (Wildman–Crippen MR) is 95.5 cm³/mol. The molecule has 120 valence electrons. The minimum Gasteiger partial charge on any atom is -0.456 e. The van der Waals surface area contributed by atoms with Crippen molar-refractivity contribution in [1.29, 1.82) is 0 Å². The zero-order valence-corrected chi connectivity index (χ0v) is 15.3. The van der Waals surface area contributed by atoms with Crippen molar-refractivity contribution in [2.24, 2.45) is 0 Å². The number of ether oxygens (including phenoxy) is 2. The van der Waals surface area contributed by atoms with Crippen LogP contribution in [0.25, 0.3) is 0 Å². The third kappa shape index (κ3) is 5.27. The summed E-state index contributed by atoms with van der Waals surface area (Å²) in [5, 5.41) is -0.130. The van der Waals surface area contributed by atoms with Gasteiger partial charge in [-0.15, -0.1) is 0 Å². The first-order valence-electron chi connectivity index (χ1n) is 6.80. The topological polar surface area (TPSA) is 35.5 Å². The van der Waals surface area contributed by atoms with Crippen LogP contribution in [0.3, 0.4) is 0 Å². The van der Waals surface area contributed by atoms with Crippen molar-refractivity contribution >= 4 is 44.4 Å². The number of hydrogen-bond donors (Lipinski definition) is 0. The number of halogens is 3. The van der Waals surface area contributed by atoms with E-state index >= 15 is 0 Å². The van der Waals surface area contributed by atoms with E-state index in [4.69, 9.17) is 32.7 Å². The monoisotopic (exact) mass is 414 g/mol. The lowest BCUT2D eigenvalue weighted by Gasteiger charge is -2.10. The quantitative estimate of drug-likeness (QED) is 0.314. The number of allylic oxidation sites excluding steroid dienone is 2. The van der Waals surface area contributed by atoms with E-state index in [9.17, 15) is 4.79 Å². The molecule has 0 fully saturated rings. The van der Waals surface area contributed by atoms with E-state index in [0.29, 0.717) is 28.7 Å². The molecule has 0 aliphatic rings. The van der Waals surface area contributed by atoms with Gasteiger partial charge in [-0.25, -0.2) is 0 Å². The zero-order valence-electron chi connectivity index (χ0n) is 12.2. The summed E-state index contributed by atoms with van der Waals surface area (Å²) in [7, 11) is 0. The van der Waals surface area contributed by atoms with Crippen molar-refractivity contribution in [1.82, 2.24) is 0 Å². The molecule has 0 saturated carbocycles. The van der Waals surface area contributed by atoms with Gasteiger partial charge in [0, 0.05) is 4.47 Å². The first-order chi connectivity index (χ1) is 11.0. The molecule has 0 amide bonds. The van der Waals surface area contributed by atoms with Crippen molar-refractivity contribution in [3.8, 4) is 17.2 Å². The average Bonchev–Trinajstić information content (AvgIpc) is 2.51. The third-order valence-corrected chi connectivity index (χ3v) is 3.73. The average molecular weight is 416 g/mol. The molecule has 0 unspecified atom stereocenters. The van der Waals surface area contributed by atoms with Crippen molar-refractivity contribution in [2.45, 2.75) is 13.3 Å². The predicted octanol–water partition coefficient (Wildman–Crippen LogP) is 6.33. The second-order valence-corrected chi connectivity index (χ2v) is 6.17. The molecule has 0 aliphatic carbocycles. The number of carbonyl (C=O) groups is 1. The number of benzene rings is 2. The van der Waals surface area contributed by atoms with Crippen LogP contribution in [0, 0.1) is 0 Å². The van der Waals surface area contributed by atoms with Gasteiger partial charge in [-0.05, 0) is 66.6 Å². The van der Waals surface area contributed by atoms with Crippen LogP contribution in [-0.2, 0) is 4.79 Å². The van der Waals surface area contributed by atoms with Gasteiger partial charge in [-0.3, -0.25) is 4.79 Å². The Morgan fingerprint density at radius 2 is 1.83 bits per heavy atom. The molecule has 0 saturated heterocycles. The van der Waals surface area contributed by atoms with Crippen LogP contribution in [-0.4, -0.2) is 5.24 Å². The molecule has 0 aliphatic heterocycles. The van der Waals surface area contributed by atoms with Crippen LogP contribution in [0.5, 0.6) is 17.2 Å². The van der Waals surface area contributed by atoms with Crippen LogP contribution in [0.1, 0.15) is 13.3 Å². The third-order valence-electron chi connectivity index (χ3n) is 2.76. The molecular weight excluding hydrogens is 403 g/mol. The van der Waals surface area contributed by atoms with Gasteiger partial charge >= 0.3 is 0 Å². The molecule has 6 heteroatoms. The highest BCUT2D eigenvalue weighted by molar-refractivity contribution is 9.10. The Kier molecular flexibility index (Phi) is 6.51. The van der Waals surface area contributed by atoms with Crippen molar-refractivity contribution in [3.63, 3.8) is 0 Å². The summed E-state index contributed by atoms with van der Waals surface area (Å²) in [4.78, 5) is 11.2. The molecule has 0 aromatic heterocycles. The fourth-order valence-electron chi connectivity index (χ4n) is 1.74.